The molecule has 1 saturated carbocycles. The van der Waals surface area contributed by atoms with Crippen molar-refractivity contribution < 1.29 is 13.5 Å². The summed E-state index contributed by atoms with van der Waals surface area (Å²) in [5.41, 5.74) is 0.295. The van der Waals surface area contributed by atoms with Gasteiger partial charge in [0.2, 0.25) is 0 Å². The van der Waals surface area contributed by atoms with E-state index in [1.54, 1.807) is 7.11 Å². The molecule has 2 N–H and O–H groups in total. The molecule has 0 radical (unpaired) electrons. The van der Waals surface area contributed by atoms with Crippen molar-refractivity contribution in [2.45, 2.75) is 38.6 Å². The van der Waals surface area contributed by atoms with E-state index in [1.165, 1.54) is 37.5 Å². The number of guanidine groups is 1. The summed E-state index contributed by atoms with van der Waals surface area (Å²) in [7, 11) is 5.36. The van der Waals surface area contributed by atoms with Crippen molar-refractivity contribution in [2.75, 3.05) is 47.4 Å². The molecule has 2 rings (SSSR count). The zero-order valence-electron chi connectivity index (χ0n) is 17.9. The van der Waals surface area contributed by atoms with Gasteiger partial charge in [0.05, 0.1) is 6.04 Å². The summed E-state index contributed by atoms with van der Waals surface area (Å²) >= 11 is 0. The Morgan fingerprint density at radius 1 is 1.24 bits per heavy atom. The van der Waals surface area contributed by atoms with Crippen molar-refractivity contribution in [2.24, 2.45) is 10.4 Å². The van der Waals surface area contributed by atoms with Crippen LogP contribution in [0.1, 0.15) is 44.2 Å². The van der Waals surface area contributed by atoms with Gasteiger partial charge in [-0.3, -0.25) is 4.99 Å². The number of nitrogens with one attached hydrogen (secondary N) is 2. The second-order valence-electron chi connectivity index (χ2n) is 7.79. The van der Waals surface area contributed by atoms with Gasteiger partial charge in [-0.25, -0.2) is 8.78 Å². The molecule has 8 heteroatoms. The topological polar surface area (TPSA) is 48.9 Å². The maximum atomic E-state index is 14.3. The van der Waals surface area contributed by atoms with Crippen LogP contribution in [0.2, 0.25) is 0 Å². The third kappa shape index (κ3) is 7.32. The summed E-state index contributed by atoms with van der Waals surface area (Å²) < 4.78 is 33.8. The van der Waals surface area contributed by atoms with E-state index in [0.717, 1.165) is 26.1 Å². The zero-order valence-corrected chi connectivity index (χ0v) is 20.3. The maximum Gasteiger partial charge on any atom is 0.191 e. The molecule has 1 aromatic rings. The summed E-state index contributed by atoms with van der Waals surface area (Å²) in [5, 5.41) is 6.50. The molecule has 1 aromatic carbocycles. The van der Waals surface area contributed by atoms with Crippen molar-refractivity contribution >= 4 is 29.9 Å². The Kier molecular flexibility index (Phi) is 11.3. The van der Waals surface area contributed by atoms with Crippen molar-refractivity contribution in [3.63, 3.8) is 0 Å². The lowest BCUT2D eigenvalue weighted by Gasteiger charge is -2.40. The molecular formula is C21H35F2IN4O. The predicted octanol–water partition coefficient (Wildman–Crippen LogP) is 3.95. The van der Waals surface area contributed by atoms with Crippen LogP contribution in [0.15, 0.2) is 23.2 Å². The molecule has 0 bridgehead atoms. The predicted molar refractivity (Wildman–Crippen MR) is 125 cm³/mol. The lowest BCUT2D eigenvalue weighted by atomic mass is 9.67. The van der Waals surface area contributed by atoms with E-state index in [1.807, 2.05) is 25.9 Å². The molecule has 1 aliphatic rings. The van der Waals surface area contributed by atoms with Crippen LogP contribution in [0.5, 0.6) is 0 Å². The zero-order chi connectivity index (χ0) is 20.6. The Morgan fingerprint density at radius 2 is 1.90 bits per heavy atom. The van der Waals surface area contributed by atoms with Crippen LogP contribution in [0, 0.1) is 17.0 Å². The van der Waals surface area contributed by atoms with E-state index < -0.39 is 17.7 Å². The van der Waals surface area contributed by atoms with E-state index in [9.17, 15) is 8.78 Å². The van der Waals surface area contributed by atoms with E-state index in [4.69, 9.17) is 9.73 Å². The molecule has 166 valence electrons. The highest BCUT2D eigenvalue weighted by Gasteiger charge is 2.36. The molecule has 1 atom stereocenters. The maximum absolute atomic E-state index is 14.3. The van der Waals surface area contributed by atoms with E-state index in [0.29, 0.717) is 12.5 Å². The van der Waals surface area contributed by atoms with Crippen LogP contribution in [0.25, 0.3) is 0 Å². The molecule has 5 nitrogen and oxygen atoms in total. The summed E-state index contributed by atoms with van der Waals surface area (Å²) in [6.45, 7) is 4.54. The van der Waals surface area contributed by atoms with Crippen LogP contribution in [0.3, 0.4) is 0 Å². The number of hydrogen-bond acceptors (Lipinski definition) is 3. The van der Waals surface area contributed by atoms with Gasteiger partial charge in [-0.05, 0) is 57.8 Å². The highest BCUT2D eigenvalue weighted by molar-refractivity contribution is 14.0. The van der Waals surface area contributed by atoms with Gasteiger partial charge in [-0.2, -0.15) is 0 Å². The third-order valence-corrected chi connectivity index (χ3v) is 5.59. The minimum absolute atomic E-state index is 0. The monoisotopic (exact) mass is 524 g/mol. The van der Waals surface area contributed by atoms with Gasteiger partial charge in [-0.15, -0.1) is 24.0 Å². The number of aliphatic imine (C=N–C) groups is 1. The summed E-state index contributed by atoms with van der Waals surface area (Å²) in [4.78, 5) is 6.57. The van der Waals surface area contributed by atoms with Crippen molar-refractivity contribution in [1.82, 2.24) is 15.5 Å². The minimum Gasteiger partial charge on any atom is -0.385 e. The van der Waals surface area contributed by atoms with Gasteiger partial charge in [0, 0.05) is 38.9 Å². The molecule has 0 heterocycles. The fourth-order valence-electron chi connectivity index (χ4n) is 3.64. The Morgan fingerprint density at radius 3 is 2.38 bits per heavy atom. The summed E-state index contributed by atoms with van der Waals surface area (Å²) in [6, 6.07) is 3.53. The average Bonchev–Trinajstić information content (AvgIpc) is 2.62. The molecule has 1 aliphatic carbocycles. The van der Waals surface area contributed by atoms with Gasteiger partial charge in [0.25, 0.3) is 0 Å². The SMILES string of the molecule is CCNC(=NCC1(CCOC)CCC1)NCC(c1c(F)cccc1F)N(C)C.I. The Labute approximate surface area is 190 Å². The molecule has 1 fully saturated rings. The molecule has 0 aromatic heterocycles. The van der Waals surface area contributed by atoms with Gasteiger partial charge < -0.3 is 20.3 Å². The molecular weight excluding hydrogens is 489 g/mol. The first-order valence-corrected chi connectivity index (χ1v) is 10.0. The number of nitrogens with zero attached hydrogens (tertiary/aromatic N) is 2. The fraction of sp³-hybridized carbons (Fsp3) is 0.667. The number of halogens is 3. The van der Waals surface area contributed by atoms with Crippen molar-refractivity contribution in [1.29, 1.82) is 0 Å². The molecule has 0 aliphatic heterocycles. The highest BCUT2D eigenvalue weighted by Crippen LogP contribution is 2.44. The normalized spacial score (nSPS) is 16.7. The van der Waals surface area contributed by atoms with Crippen LogP contribution >= 0.6 is 24.0 Å². The lowest BCUT2D eigenvalue weighted by molar-refractivity contribution is 0.0778. The molecule has 0 saturated heterocycles. The first-order valence-electron chi connectivity index (χ1n) is 10.0. The number of ether oxygens (including phenoxy) is 1. The van der Waals surface area contributed by atoms with Gasteiger partial charge in [0.15, 0.2) is 5.96 Å². The van der Waals surface area contributed by atoms with Gasteiger partial charge >= 0.3 is 0 Å². The standard InChI is InChI=1S/C21H34F2N4O.HI/c1-5-24-20(26-15-21(10-7-11-21)12-13-28-4)25-14-18(27(2)3)19-16(22)8-6-9-17(19)23;/h6,8-9,18H,5,7,10-15H2,1-4H3,(H2,24,25,26);1H. The number of likely N-dealkylation sites (N-methyl/N-ethyl adjacent to an activating group) is 1. The molecule has 0 spiro atoms. The number of hydrogen-bond donors (Lipinski definition) is 2. The molecule has 0 amide bonds. The van der Waals surface area contributed by atoms with Crippen LogP contribution in [-0.4, -0.2) is 58.3 Å². The van der Waals surface area contributed by atoms with Gasteiger partial charge in [-0.1, -0.05) is 12.5 Å². The molecule has 29 heavy (non-hydrogen) atoms. The fourth-order valence-corrected chi connectivity index (χ4v) is 3.64. The quantitative estimate of drug-likeness (QED) is 0.277. The first kappa shape index (κ1) is 26.0. The van der Waals surface area contributed by atoms with Crippen molar-refractivity contribution in [3.05, 3.63) is 35.4 Å². The van der Waals surface area contributed by atoms with Crippen LogP contribution in [0.4, 0.5) is 8.78 Å². The minimum atomic E-state index is -0.532. The second-order valence-corrected chi connectivity index (χ2v) is 7.79. The lowest BCUT2D eigenvalue weighted by Crippen LogP contribution is -2.43. The molecule has 1 unspecified atom stereocenters. The second kappa shape index (κ2) is 12.6. The Bertz CT molecular complexity index is 633. The third-order valence-electron chi connectivity index (χ3n) is 5.59. The summed E-state index contributed by atoms with van der Waals surface area (Å²) in [5.74, 6) is -0.388. The number of rotatable bonds is 10. The van der Waals surface area contributed by atoms with E-state index in [2.05, 4.69) is 10.6 Å². The number of benzene rings is 1. The van der Waals surface area contributed by atoms with E-state index >= 15 is 0 Å². The largest absolute Gasteiger partial charge is 0.385 e. The highest BCUT2D eigenvalue weighted by atomic mass is 127. The average molecular weight is 524 g/mol. The van der Waals surface area contributed by atoms with Gasteiger partial charge in [0.1, 0.15) is 11.6 Å². The van der Waals surface area contributed by atoms with E-state index in [-0.39, 0.29) is 35.0 Å². The first-order chi connectivity index (χ1) is 13.4. The summed E-state index contributed by atoms with van der Waals surface area (Å²) in [6.07, 6.45) is 4.58. The van der Waals surface area contributed by atoms with Crippen molar-refractivity contribution in [3.8, 4) is 0 Å². The Balaban J connectivity index is 0.00000420. The Hall–Kier alpha value is -1.000. The van der Waals surface area contributed by atoms with Crippen LogP contribution in [-0.2, 0) is 4.74 Å². The smallest absolute Gasteiger partial charge is 0.191 e. The van der Waals surface area contributed by atoms with Crippen LogP contribution < -0.4 is 10.6 Å². The number of methoxy groups -OCH3 is 1.